The Balaban J connectivity index is 2.18. The van der Waals surface area contributed by atoms with Crippen molar-refractivity contribution in [3.63, 3.8) is 0 Å². The number of carbonyl (C=O) groups is 2. The van der Waals surface area contributed by atoms with Gasteiger partial charge in [-0.05, 0) is 19.1 Å². The third-order valence-electron chi connectivity index (χ3n) is 2.95. The van der Waals surface area contributed by atoms with Crippen molar-refractivity contribution in [2.45, 2.75) is 13.3 Å². The van der Waals surface area contributed by atoms with Crippen molar-refractivity contribution in [1.29, 1.82) is 0 Å². The van der Waals surface area contributed by atoms with E-state index in [0.717, 1.165) is 11.0 Å². The fraction of sp³-hybridized carbons (Fsp3) is 0.385. The average Bonchev–Trinajstić information content (AvgIpc) is 2.72. The minimum absolute atomic E-state index is 0.0156. The van der Waals surface area contributed by atoms with Gasteiger partial charge in [-0.15, -0.1) is 0 Å². The van der Waals surface area contributed by atoms with Crippen molar-refractivity contribution in [1.82, 2.24) is 0 Å². The topological polar surface area (TPSA) is 46.6 Å². The quantitative estimate of drug-likeness (QED) is 0.787. The molecule has 4 nitrogen and oxygen atoms in total. The van der Waals surface area contributed by atoms with Crippen LogP contribution in [0.3, 0.4) is 0 Å². The molecule has 0 aromatic heterocycles. The molecule has 1 aliphatic rings. The molecule has 1 amide bonds. The van der Waals surface area contributed by atoms with E-state index >= 15 is 0 Å². The highest BCUT2D eigenvalue weighted by Gasteiger charge is 2.37. The van der Waals surface area contributed by atoms with Crippen molar-refractivity contribution >= 4 is 17.6 Å². The van der Waals surface area contributed by atoms with E-state index < -0.39 is 23.5 Å². The number of halogens is 2. The predicted molar refractivity (Wildman–Crippen MR) is 63.5 cm³/mol. The maximum absolute atomic E-state index is 13.6. The highest BCUT2D eigenvalue weighted by Crippen LogP contribution is 2.28. The first-order chi connectivity index (χ1) is 9.02. The van der Waals surface area contributed by atoms with Crippen LogP contribution in [0.1, 0.15) is 13.3 Å². The van der Waals surface area contributed by atoms with E-state index in [4.69, 9.17) is 4.74 Å². The van der Waals surface area contributed by atoms with Crippen LogP contribution in [0.15, 0.2) is 18.2 Å². The van der Waals surface area contributed by atoms with E-state index in [-0.39, 0.29) is 31.2 Å². The molecule has 1 aromatic carbocycles. The zero-order valence-electron chi connectivity index (χ0n) is 10.4. The predicted octanol–water partition coefficient (Wildman–Crippen LogP) is 1.88. The number of esters is 1. The van der Waals surface area contributed by atoms with Crippen LogP contribution >= 0.6 is 0 Å². The summed E-state index contributed by atoms with van der Waals surface area (Å²) in [6.45, 7) is 1.96. The molecule has 0 saturated carbocycles. The van der Waals surface area contributed by atoms with Crippen molar-refractivity contribution in [2.24, 2.45) is 5.92 Å². The number of carbonyl (C=O) groups excluding carboxylic acids is 2. The first kappa shape index (κ1) is 13.5. The number of amides is 1. The molecule has 0 unspecified atom stereocenters. The van der Waals surface area contributed by atoms with E-state index in [0.29, 0.717) is 6.07 Å². The van der Waals surface area contributed by atoms with Crippen LogP contribution < -0.4 is 4.90 Å². The van der Waals surface area contributed by atoms with Crippen LogP contribution in [0.2, 0.25) is 0 Å². The highest BCUT2D eigenvalue weighted by atomic mass is 19.1. The van der Waals surface area contributed by atoms with E-state index in [9.17, 15) is 18.4 Å². The Morgan fingerprint density at radius 2 is 2.21 bits per heavy atom. The fourth-order valence-corrected chi connectivity index (χ4v) is 2.06. The molecular weight excluding hydrogens is 256 g/mol. The summed E-state index contributed by atoms with van der Waals surface area (Å²) >= 11 is 0. The number of ether oxygens (including phenoxy) is 1. The minimum Gasteiger partial charge on any atom is -0.466 e. The highest BCUT2D eigenvalue weighted by molar-refractivity contribution is 5.99. The van der Waals surface area contributed by atoms with Gasteiger partial charge in [-0.3, -0.25) is 9.59 Å². The molecule has 1 heterocycles. The molecule has 0 N–H and O–H groups in total. The van der Waals surface area contributed by atoms with Gasteiger partial charge in [0.25, 0.3) is 0 Å². The molecule has 0 bridgehead atoms. The van der Waals surface area contributed by atoms with Gasteiger partial charge in [0.1, 0.15) is 11.6 Å². The first-order valence-corrected chi connectivity index (χ1v) is 5.95. The van der Waals surface area contributed by atoms with Gasteiger partial charge in [-0.2, -0.15) is 0 Å². The lowest BCUT2D eigenvalue weighted by molar-refractivity contribution is -0.147. The molecular formula is C13H13F2NO3. The smallest absolute Gasteiger partial charge is 0.311 e. The second-order valence-corrected chi connectivity index (χ2v) is 4.25. The van der Waals surface area contributed by atoms with Crippen molar-refractivity contribution in [3.05, 3.63) is 29.8 Å². The Bertz CT molecular complexity index is 519. The third kappa shape index (κ3) is 2.72. The Kier molecular flexibility index (Phi) is 3.78. The first-order valence-electron chi connectivity index (χ1n) is 5.95. The zero-order valence-corrected chi connectivity index (χ0v) is 10.4. The summed E-state index contributed by atoms with van der Waals surface area (Å²) in [7, 11) is 0. The molecule has 6 heteroatoms. The summed E-state index contributed by atoms with van der Waals surface area (Å²) < 4.78 is 31.3. The van der Waals surface area contributed by atoms with Gasteiger partial charge in [-0.1, -0.05) is 0 Å². The second-order valence-electron chi connectivity index (χ2n) is 4.25. The summed E-state index contributed by atoms with van der Waals surface area (Å²) in [5, 5.41) is 0. The summed E-state index contributed by atoms with van der Waals surface area (Å²) in [6.07, 6.45) is -0.0182. The van der Waals surface area contributed by atoms with Crippen molar-refractivity contribution in [2.75, 3.05) is 18.1 Å². The number of anilines is 1. The number of hydrogen-bond acceptors (Lipinski definition) is 3. The fourth-order valence-electron chi connectivity index (χ4n) is 2.06. The van der Waals surface area contributed by atoms with Crippen LogP contribution in [0.25, 0.3) is 0 Å². The van der Waals surface area contributed by atoms with Crippen molar-refractivity contribution in [3.8, 4) is 0 Å². The SMILES string of the molecule is CCOC(=O)[C@@H]1CC(=O)N(c2ccc(F)cc2F)C1. The maximum atomic E-state index is 13.6. The number of benzene rings is 1. The average molecular weight is 269 g/mol. The van der Waals surface area contributed by atoms with Crippen LogP contribution in [0.4, 0.5) is 14.5 Å². The monoisotopic (exact) mass is 269 g/mol. The van der Waals surface area contributed by atoms with Gasteiger partial charge in [0.15, 0.2) is 0 Å². The van der Waals surface area contributed by atoms with E-state index in [2.05, 4.69) is 0 Å². The standard InChI is InChI=1S/C13H13F2NO3/c1-2-19-13(18)8-5-12(17)16(7-8)11-4-3-9(14)6-10(11)15/h3-4,6,8H,2,5,7H2,1H3/t8-/m1/s1. The van der Waals surface area contributed by atoms with E-state index in [1.54, 1.807) is 6.92 Å². The number of rotatable bonds is 3. The van der Waals surface area contributed by atoms with Crippen LogP contribution in [-0.4, -0.2) is 25.0 Å². The van der Waals surface area contributed by atoms with Gasteiger partial charge >= 0.3 is 5.97 Å². The van der Waals surface area contributed by atoms with Crippen LogP contribution in [-0.2, 0) is 14.3 Å². The lowest BCUT2D eigenvalue weighted by atomic mass is 10.1. The molecule has 2 rings (SSSR count). The second kappa shape index (κ2) is 5.34. The van der Waals surface area contributed by atoms with Gasteiger partial charge < -0.3 is 9.64 Å². The van der Waals surface area contributed by atoms with Crippen molar-refractivity contribution < 1.29 is 23.1 Å². The van der Waals surface area contributed by atoms with Gasteiger partial charge in [0.2, 0.25) is 5.91 Å². The zero-order chi connectivity index (χ0) is 14.0. The van der Waals surface area contributed by atoms with Gasteiger partial charge in [0, 0.05) is 19.0 Å². The number of nitrogens with zero attached hydrogens (tertiary/aromatic N) is 1. The molecule has 102 valence electrons. The molecule has 19 heavy (non-hydrogen) atoms. The lowest BCUT2D eigenvalue weighted by Gasteiger charge is -2.17. The molecule has 0 spiro atoms. The lowest BCUT2D eigenvalue weighted by Crippen LogP contribution is -2.27. The molecule has 0 aliphatic carbocycles. The largest absolute Gasteiger partial charge is 0.466 e. The number of hydrogen-bond donors (Lipinski definition) is 0. The Morgan fingerprint density at radius 1 is 1.47 bits per heavy atom. The molecule has 0 radical (unpaired) electrons. The van der Waals surface area contributed by atoms with Gasteiger partial charge in [0.05, 0.1) is 18.2 Å². The minimum atomic E-state index is -0.821. The molecule has 1 aromatic rings. The Hall–Kier alpha value is -1.98. The third-order valence-corrected chi connectivity index (χ3v) is 2.95. The summed E-state index contributed by atoms with van der Waals surface area (Å²) in [6, 6.07) is 2.97. The molecule has 1 fully saturated rings. The maximum Gasteiger partial charge on any atom is 0.311 e. The Labute approximate surface area is 109 Å². The van der Waals surface area contributed by atoms with E-state index in [1.807, 2.05) is 0 Å². The molecule has 1 saturated heterocycles. The summed E-state index contributed by atoms with van der Waals surface area (Å²) in [5.41, 5.74) is -0.0156. The molecule has 1 aliphatic heterocycles. The Morgan fingerprint density at radius 3 is 2.84 bits per heavy atom. The normalized spacial score (nSPS) is 18.8. The summed E-state index contributed by atoms with van der Waals surface area (Å²) in [4.78, 5) is 24.5. The van der Waals surface area contributed by atoms with E-state index in [1.165, 1.54) is 6.07 Å². The van der Waals surface area contributed by atoms with Gasteiger partial charge in [-0.25, -0.2) is 8.78 Å². The van der Waals surface area contributed by atoms with Crippen LogP contribution in [0.5, 0.6) is 0 Å². The van der Waals surface area contributed by atoms with Crippen LogP contribution in [0, 0.1) is 17.6 Å². The summed E-state index contributed by atoms with van der Waals surface area (Å²) in [5.74, 6) is -2.98. The molecule has 1 atom stereocenters.